The summed E-state index contributed by atoms with van der Waals surface area (Å²) in [5.41, 5.74) is 0.322. The highest BCUT2D eigenvalue weighted by Crippen LogP contribution is 2.43. The SMILES string of the molecule is CCN(CC)C(=O)C(Sc1nc(C2CC2)nc2c1c(=O)[nH]c(=O)n2C1CC1)c1ccccc1. The molecule has 2 saturated carbocycles. The number of nitrogens with zero attached hydrogens (tertiary/aromatic N) is 4. The van der Waals surface area contributed by atoms with Crippen LogP contribution in [0.15, 0.2) is 44.9 Å². The minimum atomic E-state index is -0.558. The van der Waals surface area contributed by atoms with Crippen molar-refractivity contribution in [2.75, 3.05) is 13.1 Å². The number of carbonyl (C=O) groups is 1. The number of H-pyrrole nitrogens is 1. The van der Waals surface area contributed by atoms with Crippen LogP contribution in [0.1, 0.15) is 68.1 Å². The Morgan fingerprint density at radius 2 is 1.82 bits per heavy atom. The summed E-state index contributed by atoms with van der Waals surface area (Å²) in [5, 5.41) is 0.202. The van der Waals surface area contributed by atoms with Crippen molar-refractivity contribution in [1.29, 1.82) is 0 Å². The van der Waals surface area contributed by atoms with Gasteiger partial charge in [-0.15, -0.1) is 0 Å². The second kappa shape index (κ2) is 8.78. The first-order valence-electron chi connectivity index (χ1n) is 11.6. The summed E-state index contributed by atoms with van der Waals surface area (Å²) in [6.07, 6.45) is 3.76. The van der Waals surface area contributed by atoms with Gasteiger partial charge in [0.25, 0.3) is 5.56 Å². The largest absolute Gasteiger partial charge is 0.342 e. The van der Waals surface area contributed by atoms with E-state index in [2.05, 4.69) is 4.98 Å². The average molecular weight is 466 g/mol. The number of likely N-dealkylation sites (N-methyl/N-ethyl adjacent to an activating group) is 1. The molecule has 5 rings (SSSR count). The van der Waals surface area contributed by atoms with E-state index in [1.54, 1.807) is 9.47 Å². The Balaban J connectivity index is 1.69. The van der Waals surface area contributed by atoms with Gasteiger partial charge in [-0.3, -0.25) is 19.1 Å². The first-order valence-corrected chi connectivity index (χ1v) is 12.5. The molecule has 0 radical (unpaired) electrons. The summed E-state index contributed by atoms with van der Waals surface area (Å²) in [5.74, 6) is 0.874. The molecule has 172 valence electrons. The van der Waals surface area contributed by atoms with E-state index in [0.29, 0.717) is 35.0 Å². The van der Waals surface area contributed by atoms with Crippen molar-refractivity contribution < 1.29 is 4.79 Å². The highest BCUT2D eigenvalue weighted by atomic mass is 32.2. The molecular weight excluding hydrogens is 438 g/mol. The predicted molar refractivity (Wildman–Crippen MR) is 128 cm³/mol. The van der Waals surface area contributed by atoms with Crippen molar-refractivity contribution in [3.05, 3.63) is 62.6 Å². The van der Waals surface area contributed by atoms with Crippen molar-refractivity contribution >= 4 is 28.7 Å². The smallest absolute Gasteiger partial charge is 0.330 e. The van der Waals surface area contributed by atoms with Crippen LogP contribution in [0.5, 0.6) is 0 Å². The van der Waals surface area contributed by atoms with Crippen molar-refractivity contribution in [3.8, 4) is 0 Å². The number of rotatable bonds is 8. The van der Waals surface area contributed by atoms with E-state index >= 15 is 0 Å². The average Bonchev–Trinajstić information content (AvgIpc) is 3.72. The van der Waals surface area contributed by atoms with E-state index in [1.807, 2.05) is 44.2 Å². The summed E-state index contributed by atoms with van der Waals surface area (Å²) in [6.45, 7) is 5.11. The Labute approximate surface area is 195 Å². The Kier molecular flexibility index (Phi) is 5.82. The molecule has 1 aromatic carbocycles. The van der Waals surface area contributed by atoms with Crippen LogP contribution in [0.4, 0.5) is 0 Å². The van der Waals surface area contributed by atoms with Crippen LogP contribution in [0.3, 0.4) is 0 Å². The van der Waals surface area contributed by atoms with Crippen LogP contribution in [0.2, 0.25) is 0 Å². The first-order chi connectivity index (χ1) is 16.0. The maximum atomic E-state index is 13.5. The van der Waals surface area contributed by atoms with Gasteiger partial charge in [-0.2, -0.15) is 0 Å². The van der Waals surface area contributed by atoms with Crippen LogP contribution in [-0.2, 0) is 4.79 Å². The van der Waals surface area contributed by atoms with Gasteiger partial charge < -0.3 is 4.90 Å². The number of fused-ring (bicyclic) bond motifs is 1. The molecule has 3 aromatic rings. The van der Waals surface area contributed by atoms with Gasteiger partial charge in [0.2, 0.25) is 5.91 Å². The zero-order chi connectivity index (χ0) is 23.1. The molecule has 0 aliphatic heterocycles. The number of thioether (sulfide) groups is 1. The van der Waals surface area contributed by atoms with Gasteiger partial charge >= 0.3 is 5.69 Å². The van der Waals surface area contributed by atoms with Gasteiger partial charge in [0.1, 0.15) is 21.5 Å². The number of aromatic nitrogens is 4. The molecule has 1 N–H and O–H groups in total. The lowest BCUT2D eigenvalue weighted by molar-refractivity contribution is -0.130. The van der Waals surface area contributed by atoms with Gasteiger partial charge in [0, 0.05) is 25.0 Å². The third kappa shape index (κ3) is 4.21. The summed E-state index contributed by atoms with van der Waals surface area (Å²) in [6, 6.07) is 9.63. The maximum absolute atomic E-state index is 13.5. The monoisotopic (exact) mass is 465 g/mol. The molecule has 0 spiro atoms. The number of carbonyl (C=O) groups excluding carboxylic acids is 1. The number of amides is 1. The predicted octanol–water partition coefficient (Wildman–Crippen LogP) is 3.39. The van der Waals surface area contributed by atoms with Gasteiger partial charge in [-0.25, -0.2) is 14.8 Å². The Hall–Kier alpha value is -2.94. The van der Waals surface area contributed by atoms with Crippen molar-refractivity contribution in [3.63, 3.8) is 0 Å². The Morgan fingerprint density at radius 1 is 1.12 bits per heavy atom. The molecule has 0 bridgehead atoms. The molecule has 8 nitrogen and oxygen atoms in total. The molecule has 2 aliphatic carbocycles. The number of nitrogens with one attached hydrogen (secondary N) is 1. The standard InChI is InChI=1S/C24H27N5O3S/c1-3-28(4-2)23(31)18(14-8-6-5-7-9-14)33-22-17-20(25-19(26-22)15-10-11-15)29(16-12-13-16)24(32)27-21(17)30/h5-9,15-16,18H,3-4,10-13H2,1-2H3,(H,27,30,32). The van der Waals surface area contributed by atoms with Gasteiger partial charge in [-0.05, 0) is 45.1 Å². The van der Waals surface area contributed by atoms with E-state index in [4.69, 9.17) is 9.97 Å². The molecule has 2 aromatic heterocycles. The quantitative estimate of drug-likeness (QED) is 0.404. The minimum Gasteiger partial charge on any atom is -0.342 e. The molecule has 2 fully saturated rings. The summed E-state index contributed by atoms with van der Waals surface area (Å²) in [7, 11) is 0. The Morgan fingerprint density at radius 3 is 2.42 bits per heavy atom. The molecule has 0 saturated heterocycles. The van der Waals surface area contributed by atoms with Crippen LogP contribution in [0.25, 0.3) is 11.0 Å². The maximum Gasteiger partial charge on any atom is 0.330 e. The molecule has 9 heteroatoms. The molecule has 2 heterocycles. The van der Waals surface area contributed by atoms with Gasteiger partial charge in [-0.1, -0.05) is 42.1 Å². The van der Waals surface area contributed by atoms with Gasteiger partial charge in [0.15, 0.2) is 5.65 Å². The van der Waals surface area contributed by atoms with Crippen LogP contribution >= 0.6 is 11.8 Å². The highest BCUT2D eigenvalue weighted by molar-refractivity contribution is 8.00. The zero-order valence-electron chi connectivity index (χ0n) is 18.8. The van der Waals surface area contributed by atoms with Crippen LogP contribution in [0, 0.1) is 0 Å². The fourth-order valence-electron chi connectivity index (χ4n) is 4.12. The third-order valence-electron chi connectivity index (χ3n) is 6.25. The molecular formula is C24H27N5O3S. The highest BCUT2D eigenvalue weighted by Gasteiger charge is 2.34. The van der Waals surface area contributed by atoms with Crippen molar-refractivity contribution in [1.82, 2.24) is 24.4 Å². The number of benzene rings is 1. The molecule has 1 atom stereocenters. The lowest BCUT2D eigenvalue weighted by Gasteiger charge is -2.25. The fraction of sp³-hybridized carbons (Fsp3) is 0.458. The van der Waals surface area contributed by atoms with E-state index in [9.17, 15) is 14.4 Å². The normalized spacial score (nSPS) is 16.7. The summed E-state index contributed by atoms with van der Waals surface area (Å²) < 4.78 is 1.61. The summed E-state index contributed by atoms with van der Waals surface area (Å²) >= 11 is 1.28. The third-order valence-corrected chi connectivity index (χ3v) is 7.48. The fourth-order valence-corrected chi connectivity index (χ4v) is 5.33. The van der Waals surface area contributed by atoms with E-state index in [1.165, 1.54) is 11.8 Å². The number of hydrogen-bond donors (Lipinski definition) is 1. The molecule has 1 amide bonds. The molecule has 2 aliphatic rings. The lowest BCUT2D eigenvalue weighted by atomic mass is 10.1. The first kappa shape index (κ1) is 21.9. The number of hydrogen-bond acceptors (Lipinski definition) is 6. The molecule has 1 unspecified atom stereocenters. The van der Waals surface area contributed by atoms with E-state index in [0.717, 1.165) is 31.2 Å². The van der Waals surface area contributed by atoms with E-state index < -0.39 is 16.5 Å². The lowest BCUT2D eigenvalue weighted by Crippen LogP contribution is -2.34. The van der Waals surface area contributed by atoms with Crippen molar-refractivity contribution in [2.45, 2.75) is 61.8 Å². The second-order valence-corrected chi connectivity index (χ2v) is 9.73. The minimum absolute atomic E-state index is 0.0251. The second-order valence-electron chi connectivity index (χ2n) is 8.64. The summed E-state index contributed by atoms with van der Waals surface area (Å²) in [4.78, 5) is 52.9. The van der Waals surface area contributed by atoms with Crippen LogP contribution < -0.4 is 11.2 Å². The Bertz CT molecular complexity index is 1310. The van der Waals surface area contributed by atoms with Gasteiger partial charge in [0.05, 0.1) is 0 Å². The number of aromatic amines is 1. The zero-order valence-corrected chi connectivity index (χ0v) is 19.6. The van der Waals surface area contributed by atoms with Crippen molar-refractivity contribution in [2.24, 2.45) is 0 Å². The molecule has 33 heavy (non-hydrogen) atoms. The van der Waals surface area contributed by atoms with E-state index in [-0.39, 0.29) is 17.9 Å². The van der Waals surface area contributed by atoms with Crippen LogP contribution in [-0.4, -0.2) is 43.4 Å². The topological polar surface area (TPSA) is 101 Å².